The first-order chi connectivity index (χ1) is 9.60. The van der Waals surface area contributed by atoms with Crippen molar-refractivity contribution in [1.82, 2.24) is 10.2 Å². The normalized spacial score (nSPS) is 17.1. The summed E-state index contributed by atoms with van der Waals surface area (Å²) < 4.78 is 0.950. The monoisotopic (exact) mass is 338 g/mol. The Morgan fingerprint density at radius 1 is 1.40 bits per heavy atom. The number of halogens is 1. The van der Waals surface area contributed by atoms with Gasteiger partial charge in [0.1, 0.15) is 0 Å². The maximum atomic E-state index is 12.3. The number of likely N-dealkylation sites (tertiary alicyclic amines) is 1. The largest absolute Gasteiger partial charge is 0.349 e. The van der Waals surface area contributed by atoms with E-state index in [2.05, 4.69) is 33.1 Å². The standard InChI is InChI=1S/C16H23BrN2O/c1-3-8-19-9-6-14(7-10-19)18-16(20)15-11-13(17)5-4-12(15)2/h4-5,11,14H,3,6-10H2,1-2H3,(H,18,20). The summed E-state index contributed by atoms with van der Waals surface area (Å²) in [7, 11) is 0. The molecule has 1 aromatic carbocycles. The summed E-state index contributed by atoms with van der Waals surface area (Å²) in [6.07, 6.45) is 3.31. The zero-order chi connectivity index (χ0) is 14.5. The highest BCUT2D eigenvalue weighted by Crippen LogP contribution is 2.17. The Morgan fingerprint density at radius 3 is 2.75 bits per heavy atom. The van der Waals surface area contributed by atoms with Crippen molar-refractivity contribution < 1.29 is 4.79 Å². The molecular weight excluding hydrogens is 316 g/mol. The van der Waals surface area contributed by atoms with Crippen LogP contribution in [0.4, 0.5) is 0 Å². The number of piperidine rings is 1. The molecule has 110 valence electrons. The minimum absolute atomic E-state index is 0.0535. The van der Waals surface area contributed by atoms with Crippen LogP contribution in [0.2, 0.25) is 0 Å². The molecule has 0 unspecified atom stereocenters. The van der Waals surface area contributed by atoms with E-state index in [0.29, 0.717) is 6.04 Å². The van der Waals surface area contributed by atoms with E-state index in [1.807, 2.05) is 25.1 Å². The number of nitrogens with one attached hydrogen (secondary N) is 1. The van der Waals surface area contributed by atoms with Crippen LogP contribution in [-0.4, -0.2) is 36.5 Å². The van der Waals surface area contributed by atoms with Gasteiger partial charge in [-0.15, -0.1) is 0 Å². The number of benzene rings is 1. The number of carbonyl (C=O) groups is 1. The molecule has 3 nitrogen and oxygen atoms in total. The molecule has 20 heavy (non-hydrogen) atoms. The fourth-order valence-electron chi connectivity index (χ4n) is 2.72. The van der Waals surface area contributed by atoms with Gasteiger partial charge in [-0.05, 0) is 50.4 Å². The van der Waals surface area contributed by atoms with Gasteiger partial charge in [0.05, 0.1) is 0 Å². The lowest BCUT2D eigenvalue weighted by Gasteiger charge is -2.32. The molecular formula is C16H23BrN2O. The van der Waals surface area contributed by atoms with Gasteiger partial charge >= 0.3 is 0 Å². The molecule has 1 aromatic rings. The zero-order valence-electron chi connectivity index (χ0n) is 12.3. The molecule has 1 aliphatic rings. The van der Waals surface area contributed by atoms with Gasteiger partial charge in [0.25, 0.3) is 5.91 Å². The summed E-state index contributed by atoms with van der Waals surface area (Å²) in [5.74, 6) is 0.0535. The lowest BCUT2D eigenvalue weighted by molar-refractivity contribution is 0.0910. The van der Waals surface area contributed by atoms with E-state index in [1.165, 1.54) is 13.0 Å². The van der Waals surface area contributed by atoms with Gasteiger partial charge in [-0.25, -0.2) is 0 Å². The molecule has 0 aromatic heterocycles. The van der Waals surface area contributed by atoms with Crippen molar-refractivity contribution in [3.05, 3.63) is 33.8 Å². The van der Waals surface area contributed by atoms with Gasteiger partial charge in [-0.1, -0.05) is 28.9 Å². The number of hydrogen-bond donors (Lipinski definition) is 1. The fraction of sp³-hybridized carbons (Fsp3) is 0.562. The highest BCUT2D eigenvalue weighted by atomic mass is 79.9. The molecule has 1 fully saturated rings. The molecule has 0 atom stereocenters. The second-order valence-corrected chi connectivity index (χ2v) is 6.46. The average Bonchev–Trinajstić information content (AvgIpc) is 2.44. The molecule has 0 radical (unpaired) electrons. The molecule has 4 heteroatoms. The van der Waals surface area contributed by atoms with Crippen molar-refractivity contribution >= 4 is 21.8 Å². The van der Waals surface area contributed by atoms with Gasteiger partial charge in [0.15, 0.2) is 0 Å². The maximum Gasteiger partial charge on any atom is 0.251 e. The SMILES string of the molecule is CCCN1CCC(NC(=O)c2cc(Br)ccc2C)CC1. The molecule has 2 rings (SSSR count). The van der Waals surface area contributed by atoms with Crippen molar-refractivity contribution in [2.24, 2.45) is 0 Å². The quantitative estimate of drug-likeness (QED) is 0.912. The highest BCUT2D eigenvalue weighted by molar-refractivity contribution is 9.10. The van der Waals surface area contributed by atoms with Crippen molar-refractivity contribution in [2.75, 3.05) is 19.6 Å². The minimum atomic E-state index is 0.0535. The predicted octanol–water partition coefficient (Wildman–Crippen LogP) is 3.36. The first-order valence-corrected chi connectivity index (χ1v) is 8.19. The van der Waals surface area contributed by atoms with Crippen molar-refractivity contribution in [3.8, 4) is 0 Å². The zero-order valence-corrected chi connectivity index (χ0v) is 13.9. The Balaban J connectivity index is 1.91. The lowest BCUT2D eigenvalue weighted by atomic mass is 10.0. The third-order valence-electron chi connectivity index (χ3n) is 3.91. The molecule has 0 bridgehead atoms. The van der Waals surface area contributed by atoms with Crippen LogP contribution in [0.15, 0.2) is 22.7 Å². The Hall–Kier alpha value is -0.870. The van der Waals surface area contributed by atoms with E-state index < -0.39 is 0 Å². The summed E-state index contributed by atoms with van der Waals surface area (Å²) in [5.41, 5.74) is 1.80. The number of hydrogen-bond acceptors (Lipinski definition) is 2. The summed E-state index contributed by atoms with van der Waals surface area (Å²) in [4.78, 5) is 14.8. The number of rotatable bonds is 4. The first-order valence-electron chi connectivity index (χ1n) is 7.39. The Morgan fingerprint density at radius 2 is 2.10 bits per heavy atom. The Bertz CT molecular complexity index is 468. The van der Waals surface area contributed by atoms with Gasteiger partial charge in [0.2, 0.25) is 0 Å². The van der Waals surface area contributed by atoms with Gasteiger partial charge < -0.3 is 10.2 Å². The molecule has 1 heterocycles. The van der Waals surface area contributed by atoms with Crippen LogP contribution in [0.1, 0.15) is 42.1 Å². The van der Waals surface area contributed by atoms with Crippen LogP contribution in [0, 0.1) is 6.92 Å². The van der Waals surface area contributed by atoms with Crippen LogP contribution >= 0.6 is 15.9 Å². The van der Waals surface area contributed by atoms with E-state index in [1.54, 1.807) is 0 Å². The number of carbonyl (C=O) groups excluding carboxylic acids is 1. The number of nitrogens with zero attached hydrogens (tertiary/aromatic N) is 1. The van der Waals surface area contributed by atoms with Crippen molar-refractivity contribution in [2.45, 2.75) is 39.2 Å². The van der Waals surface area contributed by atoms with E-state index in [-0.39, 0.29) is 5.91 Å². The van der Waals surface area contributed by atoms with E-state index >= 15 is 0 Å². The van der Waals surface area contributed by atoms with Crippen molar-refractivity contribution in [1.29, 1.82) is 0 Å². The van der Waals surface area contributed by atoms with Crippen LogP contribution in [0.5, 0.6) is 0 Å². The topological polar surface area (TPSA) is 32.3 Å². The van der Waals surface area contributed by atoms with Crippen LogP contribution in [0.3, 0.4) is 0 Å². The van der Waals surface area contributed by atoms with E-state index in [4.69, 9.17) is 0 Å². The van der Waals surface area contributed by atoms with Gasteiger partial charge in [0, 0.05) is 29.2 Å². The third kappa shape index (κ3) is 4.06. The Labute approximate surface area is 129 Å². The number of aryl methyl sites for hydroxylation is 1. The second kappa shape index (κ2) is 7.23. The highest BCUT2D eigenvalue weighted by Gasteiger charge is 2.21. The lowest BCUT2D eigenvalue weighted by Crippen LogP contribution is -2.44. The van der Waals surface area contributed by atoms with Gasteiger partial charge in [-0.2, -0.15) is 0 Å². The first kappa shape index (κ1) is 15.5. The molecule has 0 spiro atoms. The summed E-state index contributed by atoms with van der Waals surface area (Å²) in [6, 6.07) is 6.16. The average molecular weight is 339 g/mol. The van der Waals surface area contributed by atoms with Crippen LogP contribution < -0.4 is 5.32 Å². The molecule has 1 saturated heterocycles. The van der Waals surface area contributed by atoms with Crippen LogP contribution in [0.25, 0.3) is 0 Å². The van der Waals surface area contributed by atoms with E-state index in [0.717, 1.165) is 41.5 Å². The Kier molecular flexibility index (Phi) is 5.61. The van der Waals surface area contributed by atoms with Crippen LogP contribution in [-0.2, 0) is 0 Å². The number of amides is 1. The smallest absolute Gasteiger partial charge is 0.251 e. The van der Waals surface area contributed by atoms with Gasteiger partial charge in [-0.3, -0.25) is 4.79 Å². The van der Waals surface area contributed by atoms with E-state index in [9.17, 15) is 4.79 Å². The predicted molar refractivity (Wildman–Crippen MR) is 86.1 cm³/mol. The summed E-state index contributed by atoms with van der Waals surface area (Å²) in [5, 5.41) is 3.18. The minimum Gasteiger partial charge on any atom is -0.349 e. The third-order valence-corrected chi connectivity index (χ3v) is 4.40. The summed E-state index contributed by atoms with van der Waals surface area (Å²) >= 11 is 3.43. The molecule has 1 N–H and O–H groups in total. The van der Waals surface area contributed by atoms with Crippen molar-refractivity contribution in [3.63, 3.8) is 0 Å². The fourth-order valence-corrected chi connectivity index (χ4v) is 3.08. The molecule has 1 amide bonds. The summed E-state index contributed by atoms with van der Waals surface area (Å²) in [6.45, 7) is 7.55. The molecule has 0 saturated carbocycles. The maximum absolute atomic E-state index is 12.3. The second-order valence-electron chi connectivity index (χ2n) is 5.55. The molecule has 1 aliphatic heterocycles. The molecule has 0 aliphatic carbocycles.